The molecule has 10 aromatic rings. The standard InChI is InChI=1S/C68H52N2/c1-5-13-53(14-6-1)21-25-57-29-41-63(42-30-57)69(64-43-31-58(32-44-64)26-22-54-15-7-2-8-16-54)67-49-37-61(38-50-67)62-39-51-68(52-40-62)70(65-45-33-59(34-46-65)27-23-55-17-9-3-10-18-55)66-47-35-60(36-48-66)28-24-56-19-11-4-12-20-56/h1-52H/b25-21+,26-22+,27-23+,28-24+. The zero-order valence-electron chi connectivity index (χ0n) is 38.9. The van der Waals surface area contributed by atoms with Crippen molar-refractivity contribution in [3.05, 3.63) is 311 Å². The topological polar surface area (TPSA) is 6.48 Å². The predicted octanol–water partition coefficient (Wildman–Crippen LogP) is 19.0. The van der Waals surface area contributed by atoms with Gasteiger partial charge in [0.1, 0.15) is 0 Å². The van der Waals surface area contributed by atoms with Gasteiger partial charge < -0.3 is 9.80 Å². The maximum absolute atomic E-state index is 2.33. The Morgan fingerprint density at radius 1 is 0.157 bits per heavy atom. The highest BCUT2D eigenvalue weighted by atomic mass is 15.1. The zero-order valence-corrected chi connectivity index (χ0v) is 38.9. The van der Waals surface area contributed by atoms with Crippen molar-refractivity contribution in [2.45, 2.75) is 0 Å². The van der Waals surface area contributed by atoms with Crippen molar-refractivity contribution in [3.63, 3.8) is 0 Å². The van der Waals surface area contributed by atoms with Crippen LogP contribution in [0.4, 0.5) is 34.1 Å². The smallest absolute Gasteiger partial charge is 0.0462 e. The van der Waals surface area contributed by atoms with Crippen molar-refractivity contribution in [1.82, 2.24) is 0 Å². The number of benzene rings is 10. The molecular formula is C68H52N2. The fraction of sp³-hybridized carbons (Fsp3) is 0. The average Bonchev–Trinajstić information content (AvgIpc) is 3.44. The Kier molecular flexibility index (Phi) is 14.0. The van der Waals surface area contributed by atoms with Crippen LogP contribution in [0.2, 0.25) is 0 Å². The first kappa shape index (κ1) is 44.6. The molecule has 70 heavy (non-hydrogen) atoms. The largest absolute Gasteiger partial charge is 0.311 e. The van der Waals surface area contributed by atoms with Gasteiger partial charge in [0.05, 0.1) is 0 Å². The first-order chi connectivity index (χ1) is 34.7. The van der Waals surface area contributed by atoms with E-state index in [9.17, 15) is 0 Å². The van der Waals surface area contributed by atoms with Crippen molar-refractivity contribution in [3.8, 4) is 11.1 Å². The van der Waals surface area contributed by atoms with Gasteiger partial charge in [0.15, 0.2) is 0 Å². The summed E-state index contributed by atoms with van der Waals surface area (Å²) in [5.74, 6) is 0. The van der Waals surface area contributed by atoms with E-state index in [1.54, 1.807) is 0 Å². The summed E-state index contributed by atoms with van der Waals surface area (Å²) in [5, 5.41) is 0. The van der Waals surface area contributed by atoms with Crippen molar-refractivity contribution in [2.75, 3.05) is 9.80 Å². The molecule has 2 heteroatoms. The van der Waals surface area contributed by atoms with Gasteiger partial charge in [-0.3, -0.25) is 0 Å². The highest BCUT2D eigenvalue weighted by Crippen LogP contribution is 2.39. The number of hydrogen-bond donors (Lipinski definition) is 0. The molecule has 0 N–H and O–H groups in total. The fourth-order valence-electron chi connectivity index (χ4n) is 8.46. The van der Waals surface area contributed by atoms with E-state index in [2.05, 4.69) is 301 Å². The van der Waals surface area contributed by atoms with Crippen LogP contribution < -0.4 is 9.80 Å². The van der Waals surface area contributed by atoms with Gasteiger partial charge in [-0.15, -0.1) is 0 Å². The van der Waals surface area contributed by atoms with Gasteiger partial charge in [-0.05, 0) is 128 Å². The fourth-order valence-corrected chi connectivity index (χ4v) is 8.46. The summed E-state index contributed by atoms with van der Waals surface area (Å²) in [6.07, 6.45) is 17.3. The molecule has 0 fully saturated rings. The van der Waals surface area contributed by atoms with Gasteiger partial charge in [-0.1, -0.05) is 243 Å². The van der Waals surface area contributed by atoms with Crippen molar-refractivity contribution < 1.29 is 0 Å². The number of nitrogens with zero attached hydrogens (tertiary/aromatic N) is 2. The zero-order chi connectivity index (χ0) is 47.2. The van der Waals surface area contributed by atoms with Crippen LogP contribution in [-0.2, 0) is 0 Å². The molecule has 10 rings (SSSR count). The van der Waals surface area contributed by atoms with Gasteiger partial charge >= 0.3 is 0 Å². The van der Waals surface area contributed by atoms with E-state index in [0.717, 1.165) is 67.5 Å². The molecule has 0 unspecified atom stereocenters. The van der Waals surface area contributed by atoms with Gasteiger partial charge in [0.2, 0.25) is 0 Å². The van der Waals surface area contributed by atoms with E-state index in [0.29, 0.717) is 0 Å². The normalized spacial score (nSPS) is 11.5. The molecule has 0 heterocycles. The van der Waals surface area contributed by atoms with Crippen molar-refractivity contribution in [2.24, 2.45) is 0 Å². The maximum Gasteiger partial charge on any atom is 0.0462 e. The molecule has 334 valence electrons. The summed E-state index contributed by atoms with van der Waals surface area (Å²) >= 11 is 0. The highest BCUT2D eigenvalue weighted by molar-refractivity contribution is 5.83. The molecule has 0 aliphatic heterocycles. The Hall–Kier alpha value is -9.24. The van der Waals surface area contributed by atoms with Crippen LogP contribution in [0.25, 0.3) is 59.7 Å². The average molecular weight is 897 g/mol. The Labute approximate surface area is 413 Å². The van der Waals surface area contributed by atoms with Gasteiger partial charge in [-0.25, -0.2) is 0 Å². The maximum atomic E-state index is 2.33. The SMILES string of the molecule is C(=C\c1ccc(N(c2ccc(/C=C/c3ccccc3)cc2)c2ccc(-c3ccc(N(c4ccc(/C=C/c5ccccc5)cc4)c4ccc(/C=C/c5ccccc5)cc4)cc3)cc2)cc1)/c1ccccc1. The summed E-state index contributed by atoms with van der Waals surface area (Å²) in [7, 11) is 0. The van der Waals surface area contributed by atoms with Crippen molar-refractivity contribution >= 4 is 82.7 Å². The molecule has 0 spiro atoms. The number of hydrogen-bond acceptors (Lipinski definition) is 2. The van der Waals surface area contributed by atoms with Crippen LogP contribution in [0.15, 0.2) is 267 Å². The number of anilines is 6. The Bertz CT molecular complexity index is 2900. The lowest BCUT2D eigenvalue weighted by Crippen LogP contribution is -2.10. The van der Waals surface area contributed by atoms with Gasteiger partial charge in [-0.2, -0.15) is 0 Å². The first-order valence-electron chi connectivity index (χ1n) is 23.8. The Morgan fingerprint density at radius 2 is 0.314 bits per heavy atom. The van der Waals surface area contributed by atoms with Crippen molar-refractivity contribution in [1.29, 1.82) is 0 Å². The molecule has 0 aromatic heterocycles. The summed E-state index contributed by atoms with van der Waals surface area (Å²) in [6, 6.07) is 94.6. The quantitative estimate of drug-likeness (QED) is 0.0946. The molecule has 0 radical (unpaired) electrons. The van der Waals surface area contributed by atoms with Crippen LogP contribution in [0.1, 0.15) is 44.5 Å². The minimum absolute atomic E-state index is 1.08. The van der Waals surface area contributed by atoms with Gasteiger partial charge in [0, 0.05) is 34.1 Å². The first-order valence-corrected chi connectivity index (χ1v) is 23.8. The molecule has 0 bridgehead atoms. The molecule has 0 atom stereocenters. The molecular weight excluding hydrogens is 845 g/mol. The highest BCUT2D eigenvalue weighted by Gasteiger charge is 2.15. The lowest BCUT2D eigenvalue weighted by Gasteiger charge is -2.26. The third-order valence-electron chi connectivity index (χ3n) is 12.3. The van der Waals surface area contributed by atoms with Crippen LogP contribution in [0.5, 0.6) is 0 Å². The Morgan fingerprint density at radius 3 is 0.500 bits per heavy atom. The van der Waals surface area contributed by atoms with Crippen LogP contribution >= 0.6 is 0 Å². The van der Waals surface area contributed by atoms with Crippen LogP contribution in [-0.4, -0.2) is 0 Å². The summed E-state index contributed by atoms with van der Waals surface area (Å²) in [6.45, 7) is 0. The minimum Gasteiger partial charge on any atom is -0.311 e. The van der Waals surface area contributed by atoms with E-state index in [1.165, 1.54) is 22.3 Å². The molecule has 10 aromatic carbocycles. The third-order valence-corrected chi connectivity index (χ3v) is 12.3. The summed E-state index contributed by atoms with van der Waals surface area (Å²) < 4.78 is 0. The van der Waals surface area contributed by atoms with E-state index >= 15 is 0 Å². The minimum atomic E-state index is 1.08. The predicted molar refractivity (Wildman–Crippen MR) is 303 cm³/mol. The van der Waals surface area contributed by atoms with Gasteiger partial charge in [0.25, 0.3) is 0 Å². The van der Waals surface area contributed by atoms with Crippen LogP contribution in [0, 0.1) is 0 Å². The van der Waals surface area contributed by atoms with E-state index in [1.807, 2.05) is 24.3 Å². The summed E-state index contributed by atoms with van der Waals surface area (Å²) in [5.41, 5.74) is 18.1. The third kappa shape index (κ3) is 11.5. The van der Waals surface area contributed by atoms with E-state index < -0.39 is 0 Å². The molecule has 0 saturated carbocycles. The Balaban J connectivity index is 0.924. The number of rotatable bonds is 15. The molecule has 0 aliphatic carbocycles. The lowest BCUT2D eigenvalue weighted by atomic mass is 10.0. The monoisotopic (exact) mass is 896 g/mol. The van der Waals surface area contributed by atoms with E-state index in [4.69, 9.17) is 0 Å². The van der Waals surface area contributed by atoms with Crippen LogP contribution in [0.3, 0.4) is 0 Å². The molecule has 0 saturated heterocycles. The second-order valence-corrected chi connectivity index (χ2v) is 17.1. The molecule has 0 amide bonds. The second-order valence-electron chi connectivity index (χ2n) is 17.1. The second kappa shape index (κ2) is 22.0. The lowest BCUT2D eigenvalue weighted by molar-refractivity contribution is 1.28. The molecule has 2 nitrogen and oxygen atoms in total. The van der Waals surface area contributed by atoms with E-state index in [-0.39, 0.29) is 0 Å². The summed E-state index contributed by atoms with van der Waals surface area (Å²) in [4.78, 5) is 4.65. The molecule has 0 aliphatic rings.